The maximum absolute atomic E-state index is 5.62. The number of piperidine rings is 1. The van der Waals surface area contributed by atoms with Crippen LogP contribution in [0.25, 0.3) is 0 Å². The summed E-state index contributed by atoms with van der Waals surface area (Å²) < 4.78 is 5.62. The zero-order valence-electron chi connectivity index (χ0n) is 15.9. The number of aliphatic imine (C=N–C) groups is 1. The van der Waals surface area contributed by atoms with Crippen LogP contribution in [0.1, 0.15) is 47.0 Å². The van der Waals surface area contributed by atoms with E-state index in [1.165, 1.54) is 25.9 Å². The van der Waals surface area contributed by atoms with Crippen molar-refractivity contribution in [2.75, 3.05) is 46.4 Å². The van der Waals surface area contributed by atoms with Gasteiger partial charge in [0.25, 0.3) is 0 Å². The molecule has 1 atom stereocenters. The highest BCUT2D eigenvalue weighted by atomic mass is 16.5. The predicted octanol–water partition coefficient (Wildman–Crippen LogP) is 2.33. The minimum Gasteiger partial charge on any atom is -0.380 e. The quantitative estimate of drug-likeness (QED) is 0.388. The van der Waals surface area contributed by atoms with Crippen LogP contribution in [0, 0.1) is 11.8 Å². The molecule has 5 nitrogen and oxygen atoms in total. The molecule has 0 bridgehead atoms. The van der Waals surface area contributed by atoms with Crippen molar-refractivity contribution >= 4 is 5.96 Å². The summed E-state index contributed by atoms with van der Waals surface area (Å²) >= 11 is 0. The molecule has 1 aliphatic heterocycles. The van der Waals surface area contributed by atoms with Gasteiger partial charge in [0.15, 0.2) is 5.96 Å². The lowest BCUT2D eigenvalue weighted by molar-refractivity contribution is 0.127. The number of hydrogen-bond donors (Lipinski definition) is 2. The number of nitrogens with one attached hydrogen (secondary N) is 2. The van der Waals surface area contributed by atoms with Gasteiger partial charge in [-0.15, -0.1) is 0 Å². The maximum Gasteiger partial charge on any atom is 0.191 e. The van der Waals surface area contributed by atoms with Crippen LogP contribution in [0.3, 0.4) is 0 Å². The van der Waals surface area contributed by atoms with Crippen molar-refractivity contribution in [3.63, 3.8) is 0 Å². The maximum atomic E-state index is 5.62. The van der Waals surface area contributed by atoms with Crippen LogP contribution >= 0.6 is 0 Å². The van der Waals surface area contributed by atoms with Crippen molar-refractivity contribution in [1.82, 2.24) is 15.5 Å². The monoisotopic (exact) mass is 326 g/mol. The molecule has 0 aromatic carbocycles. The number of ether oxygens (including phenoxy) is 1. The Kier molecular flexibility index (Phi) is 10.3. The van der Waals surface area contributed by atoms with Crippen LogP contribution in [0.4, 0.5) is 0 Å². The van der Waals surface area contributed by atoms with Gasteiger partial charge in [-0.25, -0.2) is 0 Å². The Morgan fingerprint density at radius 1 is 1.22 bits per heavy atom. The van der Waals surface area contributed by atoms with Crippen molar-refractivity contribution in [2.24, 2.45) is 16.8 Å². The number of nitrogens with zero attached hydrogens (tertiary/aromatic N) is 2. The van der Waals surface area contributed by atoms with Gasteiger partial charge in [0, 0.05) is 39.3 Å². The predicted molar refractivity (Wildman–Crippen MR) is 99.1 cm³/mol. The molecule has 0 saturated carbocycles. The van der Waals surface area contributed by atoms with Crippen LogP contribution in [-0.4, -0.2) is 63.3 Å². The largest absolute Gasteiger partial charge is 0.380 e. The normalized spacial score (nSPS) is 20.3. The van der Waals surface area contributed by atoms with Crippen molar-refractivity contribution in [2.45, 2.75) is 53.0 Å². The van der Waals surface area contributed by atoms with E-state index in [0.29, 0.717) is 17.9 Å². The molecular weight excluding hydrogens is 288 g/mol. The van der Waals surface area contributed by atoms with Gasteiger partial charge in [-0.1, -0.05) is 13.8 Å². The summed E-state index contributed by atoms with van der Waals surface area (Å²) in [4.78, 5) is 6.88. The molecular formula is C18H38N4O. The molecule has 0 aromatic rings. The first-order chi connectivity index (χ1) is 11.0. The first kappa shape index (κ1) is 20.2. The van der Waals surface area contributed by atoms with Gasteiger partial charge in [-0.3, -0.25) is 4.99 Å². The van der Waals surface area contributed by atoms with Crippen LogP contribution in [0.2, 0.25) is 0 Å². The van der Waals surface area contributed by atoms with Gasteiger partial charge >= 0.3 is 0 Å². The lowest BCUT2D eigenvalue weighted by Gasteiger charge is -2.35. The highest BCUT2D eigenvalue weighted by molar-refractivity contribution is 5.79. The van der Waals surface area contributed by atoms with Crippen LogP contribution in [0.15, 0.2) is 4.99 Å². The topological polar surface area (TPSA) is 48.9 Å². The Labute approximate surface area is 143 Å². The Hall–Kier alpha value is -0.810. The summed E-state index contributed by atoms with van der Waals surface area (Å²) in [5, 5.41) is 6.80. The molecule has 5 heteroatoms. The van der Waals surface area contributed by atoms with E-state index < -0.39 is 0 Å². The highest BCUT2D eigenvalue weighted by Gasteiger charge is 2.21. The van der Waals surface area contributed by atoms with E-state index in [1.54, 1.807) is 0 Å². The summed E-state index contributed by atoms with van der Waals surface area (Å²) in [6.07, 6.45) is 3.74. The molecule has 1 aliphatic rings. The van der Waals surface area contributed by atoms with Gasteiger partial charge in [0.05, 0.1) is 6.61 Å². The molecule has 1 saturated heterocycles. The third-order valence-electron chi connectivity index (χ3n) is 4.44. The molecule has 0 aromatic heterocycles. The Morgan fingerprint density at radius 2 is 2.00 bits per heavy atom. The average molecular weight is 327 g/mol. The summed E-state index contributed by atoms with van der Waals surface area (Å²) in [5.74, 6) is 2.31. The molecule has 1 heterocycles. The second kappa shape index (κ2) is 11.7. The Bertz CT molecular complexity index is 331. The third kappa shape index (κ3) is 9.16. The molecule has 0 aliphatic carbocycles. The Balaban J connectivity index is 2.14. The zero-order chi connectivity index (χ0) is 17.1. The van der Waals surface area contributed by atoms with E-state index in [2.05, 4.69) is 48.2 Å². The summed E-state index contributed by atoms with van der Waals surface area (Å²) in [7, 11) is 1.83. The molecule has 0 spiro atoms. The number of guanidine groups is 1. The molecule has 136 valence electrons. The first-order valence-corrected chi connectivity index (χ1v) is 9.29. The zero-order valence-corrected chi connectivity index (χ0v) is 15.9. The molecule has 1 unspecified atom stereocenters. The van der Waals surface area contributed by atoms with Crippen LogP contribution < -0.4 is 10.6 Å². The van der Waals surface area contributed by atoms with Gasteiger partial charge in [-0.05, 0) is 51.5 Å². The third-order valence-corrected chi connectivity index (χ3v) is 4.44. The van der Waals surface area contributed by atoms with Gasteiger partial charge in [-0.2, -0.15) is 0 Å². The minimum atomic E-state index is 0.651. The lowest BCUT2D eigenvalue weighted by Crippen LogP contribution is -2.46. The van der Waals surface area contributed by atoms with Gasteiger partial charge in [0.1, 0.15) is 0 Å². The Morgan fingerprint density at radius 3 is 2.65 bits per heavy atom. The summed E-state index contributed by atoms with van der Waals surface area (Å²) in [6, 6.07) is 0.651. The average Bonchev–Trinajstić information content (AvgIpc) is 2.53. The molecule has 0 amide bonds. The van der Waals surface area contributed by atoms with E-state index in [-0.39, 0.29) is 0 Å². The van der Waals surface area contributed by atoms with Crippen LogP contribution in [0.5, 0.6) is 0 Å². The van der Waals surface area contributed by atoms with E-state index in [4.69, 9.17) is 4.74 Å². The fraction of sp³-hybridized carbons (Fsp3) is 0.944. The standard InChI is InChI=1S/C18H38N4O/c1-15(2)8-11-23-12-9-20-18(19-5)21-13-17-7-6-10-22(14-17)16(3)4/h15-17H,6-14H2,1-5H3,(H2,19,20,21). The first-order valence-electron chi connectivity index (χ1n) is 9.29. The van der Waals surface area contributed by atoms with E-state index in [1.807, 2.05) is 7.05 Å². The number of rotatable bonds is 9. The fourth-order valence-electron chi connectivity index (χ4n) is 2.86. The minimum absolute atomic E-state index is 0.651. The van der Waals surface area contributed by atoms with Crippen molar-refractivity contribution in [3.05, 3.63) is 0 Å². The molecule has 2 N–H and O–H groups in total. The molecule has 0 radical (unpaired) electrons. The highest BCUT2D eigenvalue weighted by Crippen LogP contribution is 2.17. The summed E-state index contributed by atoms with van der Waals surface area (Å²) in [6.45, 7) is 14.8. The van der Waals surface area contributed by atoms with Crippen LogP contribution in [-0.2, 0) is 4.74 Å². The second-order valence-corrected chi connectivity index (χ2v) is 7.27. The molecule has 23 heavy (non-hydrogen) atoms. The fourth-order valence-corrected chi connectivity index (χ4v) is 2.86. The van der Waals surface area contributed by atoms with Crippen molar-refractivity contribution in [1.29, 1.82) is 0 Å². The SMILES string of the molecule is CN=C(NCCOCCC(C)C)NCC1CCCN(C(C)C)C1. The smallest absolute Gasteiger partial charge is 0.191 e. The summed E-state index contributed by atoms with van der Waals surface area (Å²) in [5.41, 5.74) is 0. The van der Waals surface area contributed by atoms with E-state index in [0.717, 1.165) is 38.7 Å². The van der Waals surface area contributed by atoms with E-state index >= 15 is 0 Å². The molecule has 1 fully saturated rings. The number of hydrogen-bond acceptors (Lipinski definition) is 3. The molecule has 1 rings (SSSR count). The van der Waals surface area contributed by atoms with Gasteiger partial charge < -0.3 is 20.3 Å². The van der Waals surface area contributed by atoms with E-state index in [9.17, 15) is 0 Å². The van der Waals surface area contributed by atoms with Crippen molar-refractivity contribution in [3.8, 4) is 0 Å². The second-order valence-electron chi connectivity index (χ2n) is 7.27. The lowest BCUT2D eigenvalue weighted by atomic mass is 9.97. The number of likely N-dealkylation sites (tertiary alicyclic amines) is 1. The van der Waals surface area contributed by atoms with Gasteiger partial charge in [0.2, 0.25) is 0 Å². The van der Waals surface area contributed by atoms with Crippen molar-refractivity contribution < 1.29 is 4.74 Å².